The number of rotatable bonds is 3. The van der Waals surface area contributed by atoms with Gasteiger partial charge in [-0.15, -0.1) is 0 Å². The van der Waals surface area contributed by atoms with Crippen molar-refractivity contribution in [2.75, 3.05) is 37.4 Å². The van der Waals surface area contributed by atoms with E-state index in [-0.39, 0.29) is 5.82 Å². The molecule has 1 fully saturated rings. The number of anilines is 2. The van der Waals surface area contributed by atoms with E-state index in [1.54, 1.807) is 13.2 Å². The van der Waals surface area contributed by atoms with Gasteiger partial charge in [0.25, 0.3) is 0 Å². The van der Waals surface area contributed by atoms with Gasteiger partial charge in [-0.05, 0) is 24.6 Å². The Morgan fingerprint density at radius 1 is 1.56 bits per heavy atom. The quantitative estimate of drug-likeness (QED) is 0.797. The Morgan fingerprint density at radius 2 is 2.38 bits per heavy atom. The first-order valence-corrected chi connectivity index (χ1v) is 5.49. The fourth-order valence-corrected chi connectivity index (χ4v) is 2.24. The van der Waals surface area contributed by atoms with Gasteiger partial charge in [0, 0.05) is 26.1 Å². The summed E-state index contributed by atoms with van der Waals surface area (Å²) in [7, 11) is 1.72. The van der Waals surface area contributed by atoms with Crippen molar-refractivity contribution in [1.29, 1.82) is 0 Å². The average Bonchev–Trinajstić information content (AvgIpc) is 2.67. The first kappa shape index (κ1) is 11.2. The number of hydrogen-bond acceptors (Lipinski definition) is 3. The van der Waals surface area contributed by atoms with Crippen LogP contribution < -0.4 is 10.6 Å². The lowest BCUT2D eigenvalue weighted by Gasteiger charge is -2.20. The van der Waals surface area contributed by atoms with Crippen LogP contribution in [0.15, 0.2) is 18.2 Å². The van der Waals surface area contributed by atoms with Crippen molar-refractivity contribution in [1.82, 2.24) is 0 Å². The standard InChI is InChI=1S/C12H17FN2O/c1-16-8-9-4-5-15(7-9)12-3-2-10(13)6-11(12)14/h2-3,6,9H,4-5,7-8,14H2,1H3. The topological polar surface area (TPSA) is 38.5 Å². The fourth-order valence-electron chi connectivity index (χ4n) is 2.24. The van der Waals surface area contributed by atoms with E-state index in [1.807, 2.05) is 0 Å². The van der Waals surface area contributed by atoms with Gasteiger partial charge in [-0.3, -0.25) is 0 Å². The molecule has 1 unspecified atom stereocenters. The lowest BCUT2D eigenvalue weighted by atomic mass is 10.1. The third-order valence-corrected chi connectivity index (χ3v) is 3.02. The van der Waals surface area contributed by atoms with E-state index in [4.69, 9.17) is 10.5 Å². The highest BCUT2D eigenvalue weighted by Gasteiger charge is 2.23. The Balaban J connectivity index is 2.08. The van der Waals surface area contributed by atoms with E-state index in [0.717, 1.165) is 31.8 Å². The summed E-state index contributed by atoms with van der Waals surface area (Å²) in [5.74, 6) is 0.267. The van der Waals surface area contributed by atoms with E-state index < -0.39 is 0 Å². The Hall–Kier alpha value is -1.29. The lowest BCUT2D eigenvalue weighted by Crippen LogP contribution is -2.22. The Morgan fingerprint density at radius 3 is 3.06 bits per heavy atom. The van der Waals surface area contributed by atoms with Crippen LogP contribution >= 0.6 is 0 Å². The van der Waals surface area contributed by atoms with E-state index in [9.17, 15) is 4.39 Å². The van der Waals surface area contributed by atoms with E-state index in [0.29, 0.717) is 11.6 Å². The van der Waals surface area contributed by atoms with Crippen LogP contribution in [0.5, 0.6) is 0 Å². The first-order valence-electron chi connectivity index (χ1n) is 5.49. The van der Waals surface area contributed by atoms with Crippen molar-refractivity contribution < 1.29 is 9.13 Å². The minimum Gasteiger partial charge on any atom is -0.397 e. The van der Waals surface area contributed by atoms with Crippen LogP contribution in [0.25, 0.3) is 0 Å². The molecule has 1 atom stereocenters. The number of nitrogens with two attached hydrogens (primary N) is 1. The van der Waals surface area contributed by atoms with Crippen LogP contribution in [0.2, 0.25) is 0 Å². The van der Waals surface area contributed by atoms with Crippen LogP contribution in [0.3, 0.4) is 0 Å². The zero-order valence-electron chi connectivity index (χ0n) is 9.45. The minimum absolute atomic E-state index is 0.283. The number of ether oxygens (including phenoxy) is 1. The number of halogens is 1. The molecule has 4 heteroatoms. The molecule has 1 aliphatic rings. The van der Waals surface area contributed by atoms with Crippen molar-refractivity contribution >= 4 is 11.4 Å². The number of nitrogens with zero attached hydrogens (tertiary/aromatic N) is 1. The van der Waals surface area contributed by atoms with Gasteiger partial charge < -0.3 is 15.4 Å². The second-order valence-corrected chi connectivity index (χ2v) is 4.26. The number of benzene rings is 1. The third-order valence-electron chi connectivity index (χ3n) is 3.02. The Bertz CT molecular complexity index is 370. The molecule has 88 valence electrons. The molecule has 1 aromatic carbocycles. The second kappa shape index (κ2) is 4.70. The summed E-state index contributed by atoms with van der Waals surface area (Å²) in [5, 5.41) is 0. The Labute approximate surface area is 95.0 Å². The average molecular weight is 224 g/mol. The van der Waals surface area contributed by atoms with Gasteiger partial charge in [-0.1, -0.05) is 0 Å². The maximum absolute atomic E-state index is 12.9. The number of methoxy groups -OCH3 is 1. The highest BCUT2D eigenvalue weighted by Crippen LogP contribution is 2.29. The van der Waals surface area contributed by atoms with Gasteiger partial charge in [-0.25, -0.2) is 4.39 Å². The zero-order valence-corrected chi connectivity index (χ0v) is 9.45. The van der Waals surface area contributed by atoms with E-state index in [1.165, 1.54) is 12.1 Å². The van der Waals surface area contributed by atoms with Crippen LogP contribution in [0.1, 0.15) is 6.42 Å². The molecule has 0 radical (unpaired) electrons. The first-order chi connectivity index (χ1) is 7.70. The molecule has 16 heavy (non-hydrogen) atoms. The monoisotopic (exact) mass is 224 g/mol. The molecular weight excluding hydrogens is 207 g/mol. The molecule has 0 aromatic heterocycles. The minimum atomic E-state index is -0.283. The SMILES string of the molecule is COCC1CCN(c2ccc(F)cc2N)C1. The van der Waals surface area contributed by atoms with Crippen LogP contribution in [0.4, 0.5) is 15.8 Å². The molecule has 2 N–H and O–H groups in total. The molecule has 3 nitrogen and oxygen atoms in total. The molecule has 0 bridgehead atoms. The summed E-state index contributed by atoms with van der Waals surface area (Å²) in [6.45, 7) is 2.67. The van der Waals surface area contributed by atoms with Crippen molar-refractivity contribution in [3.63, 3.8) is 0 Å². The van der Waals surface area contributed by atoms with Gasteiger partial charge in [0.2, 0.25) is 0 Å². The summed E-state index contributed by atoms with van der Waals surface area (Å²) >= 11 is 0. The summed E-state index contributed by atoms with van der Waals surface area (Å²) in [6, 6.07) is 4.58. The molecule has 1 aliphatic heterocycles. The molecule has 1 heterocycles. The molecule has 0 amide bonds. The number of hydrogen-bond donors (Lipinski definition) is 1. The van der Waals surface area contributed by atoms with Crippen LogP contribution in [-0.2, 0) is 4.74 Å². The largest absolute Gasteiger partial charge is 0.397 e. The summed E-state index contributed by atoms with van der Waals surface area (Å²) < 4.78 is 18.1. The van der Waals surface area contributed by atoms with Gasteiger partial charge in [-0.2, -0.15) is 0 Å². The second-order valence-electron chi connectivity index (χ2n) is 4.26. The smallest absolute Gasteiger partial charge is 0.125 e. The third kappa shape index (κ3) is 2.27. The van der Waals surface area contributed by atoms with Gasteiger partial charge in [0.05, 0.1) is 18.0 Å². The van der Waals surface area contributed by atoms with Crippen LogP contribution in [0, 0.1) is 11.7 Å². The number of nitrogen functional groups attached to an aromatic ring is 1. The van der Waals surface area contributed by atoms with Gasteiger partial charge in [0.1, 0.15) is 5.82 Å². The maximum Gasteiger partial charge on any atom is 0.125 e. The lowest BCUT2D eigenvalue weighted by molar-refractivity contribution is 0.161. The normalized spacial score (nSPS) is 20.4. The summed E-state index contributed by atoms with van der Waals surface area (Å²) in [5.41, 5.74) is 7.25. The van der Waals surface area contributed by atoms with Crippen molar-refractivity contribution in [3.05, 3.63) is 24.0 Å². The zero-order chi connectivity index (χ0) is 11.5. The predicted octanol–water partition coefficient (Wildman–Crippen LogP) is 1.88. The maximum atomic E-state index is 12.9. The van der Waals surface area contributed by atoms with Gasteiger partial charge >= 0.3 is 0 Å². The molecule has 0 saturated carbocycles. The highest BCUT2D eigenvalue weighted by atomic mass is 19.1. The summed E-state index contributed by atoms with van der Waals surface area (Å²) in [6.07, 6.45) is 1.10. The van der Waals surface area contributed by atoms with Crippen molar-refractivity contribution in [3.8, 4) is 0 Å². The fraction of sp³-hybridized carbons (Fsp3) is 0.500. The van der Waals surface area contributed by atoms with Gasteiger partial charge in [0.15, 0.2) is 0 Å². The predicted molar refractivity (Wildman–Crippen MR) is 63.0 cm³/mol. The molecule has 0 spiro atoms. The summed E-state index contributed by atoms with van der Waals surface area (Å²) in [4.78, 5) is 2.19. The molecule has 0 aliphatic carbocycles. The molecule has 1 aromatic rings. The van der Waals surface area contributed by atoms with E-state index in [2.05, 4.69) is 4.90 Å². The molecule has 1 saturated heterocycles. The highest BCUT2D eigenvalue weighted by molar-refractivity contribution is 5.67. The molecule has 2 rings (SSSR count). The van der Waals surface area contributed by atoms with Crippen molar-refractivity contribution in [2.24, 2.45) is 5.92 Å². The van der Waals surface area contributed by atoms with Crippen molar-refractivity contribution in [2.45, 2.75) is 6.42 Å². The van der Waals surface area contributed by atoms with E-state index >= 15 is 0 Å². The molecular formula is C12H17FN2O. The van der Waals surface area contributed by atoms with Crippen LogP contribution in [-0.4, -0.2) is 26.8 Å². The Kier molecular flexibility index (Phi) is 3.29.